The standard InChI is InChI=1S/C15H18O4S/c1-10(20(3,17)18)15(16)13-8-9-14(19-2)12-7-5-4-6-11(12)13/h4-10,15-16H,1-3H3. The van der Waals surface area contributed by atoms with E-state index in [4.69, 9.17) is 4.74 Å². The Morgan fingerprint density at radius 1 is 1.10 bits per heavy atom. The van der Waals surface area contributed by atoms with Crippen LogP contribution in [0.1, 0.15) is 18.6 Å². The molecule has 2 aromatic carbocycles. The molecule has 1 N–H and O–H groups in total. The molecule has 20 heavy (non-hydrogen) atoms. The minimum atomic E-state index is -3.32. The van der Waals surface area contributed by atoms with Crippen LogP contribution in [0.3, 0.4) is 0 Å². The number of methoxy groups -OCH3 is 1. The first kappa shape index (κ1) is 14.8. The first-order valence-corrected chi connectivity index (χ1v) is 8.24. The van der Waals surface area contributed by atoms with Crippen molar-refractivity contribution in [2.45, 2.75) is 18.3 Å². The summed E-state index contributed by atoms with van der Waals surface area (Å²) in [5.74, 6) is 0.698. The molecule has 0 bridgehead atoms. The second-order valence-electron chi connectivity index (χ2n) is 4.88. The van der Waals surface area contributed by atoms with Gasteiger partial charge >= 0.3 is 0 Å². The van der Waals surface area contributed by atoms with Crippen molar-refractivity contribution in [1.29, 1.82) is 0 Å². The normalized spacial score (nSPS) is 15.0. The maximum atomic E-state index is 11.6. The van der Waals surface area contributed by atoms with Crippen molar-refractivity contribution in [2.75, 3.05) is 13.4 Å². The first-order valence-electron chi connectivity index (χ1n) is 6.29. The maximum Gasteiger partial charge on any atom is 0.152 e. The van der Waals surface area contributed by atoms with Crippen LogP contribution in [0.25, 0.3) is 10.8 Å². The van der Waals surface area contributed by atoms with Gasteiger partial charge < -0.3 is 9.84 Å². The summed E-state index contributed by atoms with van der Waals surface area (Å²) in [6.45, 7) is 1.51. The molecule has 0 saturated heterocycles. The second kappa shape index (κ2) is 5.42. The van der Waals surface area contributed by atoms with Gasteiger partial charge in [-0.25, -0.2) is 8.42 Å². The van der Waals surface area contributed by atoms with E-state index in [1.807, 2.05) is 24.3 Å². The Morgan fingerprint density at radius 2 is 1.70 bits per heavy atom. The van der Waals surface area contributed by atoms with Gasteiger partial charge in [0.1, 0.15) is 5.75 Å². The van der Waals surface area contributed by atoms with Crippen LogP contribution < -0.4 is 4.74 Å². The zero-order valence-corrected chi connectivity index (χ0v) is 12.5. The lowest BCUT2D eigenvalue weighted by Gasteiger charge is -2.20. The number of fused-ring (bicyclic) bond motifs is 1. The van der Waals surface area contributed by atoms with Crippen molar-refractivity contribution in [3.63, 3.8) is 0 Å². The summed E-state index contributed by atoms with van der Waals surface area (Å²) < 4.78 is 28.5. The van der Waals surface area contributed by atoms with E-state index in [-0.39, 0.29) is 0 Å². The highest BCUT2D eigenvalue weighted by atomic mass is 32.2. The fourth-order valence-corrected chi connectivity index (χ4v) is 2.83. The van der Waals surface area contributed by atoms with Crippen LogP contribution in [0.2, 0.25) is 0 Å². The van der Waals surface area contributed by atoms with Gasteiger partial charge in [0, 0.05) is 11.6 Å². The highest BCUT2D eigenvalue weighted by Crippen LogP contribution is 2.33. The smallest absolute Gasteiger partial charge is 0.152 e. The highest BCUT2D eigenvalue weighted by molar-refractivity contribution is 7.91. The molecule has 0 aliphatic rings. The molecule has 2 rings (SSSR count). The molecule has 0 aliphatic carbocycles. The Kier molecular flexibility index (Phi) is 4.01. The predicted molar refractivity (Wildman–Crippen MR) is 79.8 cm³/mol. The summed E-state index contributed by atoms with van der Waals surface area (Å²) in [7, 11) is -1.74. The van der Waals surface area contributed by atoms with Gasteiger partial charge in [-0.2, -0.15) is 0 Å². The summed E-state index contributed by atoms with van der Waals surface area (Å²) in [5.41, 5.74) is 0.597. The van der Waals surface area contributed by atoms with Gasteiger partial charge in [-0.15, -0.1) is 0 Å². The molecular formula is C15H18O4S. The van der Waals surface area contributed by atoms with Crippen molar-refractivity contribution < 1.29 is 18.3 Å². The highest BCUT2D eigenvalue weighted by Gasteiger charge is 2.27. The van der Waals surface area contributed by atoms with E-state index < -0.39 is 21.2 Å². The van der Waals surface area contributed by atoms with Crippen molar-refractivity contribution in [3.8, 4) is 5.75 Å². The van der Waals surface area contributed by atoms with Gasteiger partial charge in [-0.1, -0.05) is 30.3 Å². The Hall–Kier alpha value is -1.59. The monoisotopic (exact) mass is 294 g/mol. The topological polar surface area (TPSA) is 63.6 Å². The van der Waals surface area contributed by atoms with Crippen LogP contribution in [-0.4, -0.2) is 32.1 Å². The van der Waals surface area contributed by atoms with E-state index in [9.17, 15) is 13.5 Å². The Labute approximate surface area is 118 Å². The number of hydrogen-bond donors (Lipinski definition) is 1. The average molecular weight is 294 g/mol. The molecule has 0 heterocycles. The van der Waals surface area contributed by atoms with Gasteiger partial charge in [0.25, 0.3) is 0 Å². The summed E-state index contributed by atoms with van der Waals surface area (Å²) >= 11 is 0. The average Bonchev–Trinajstić information content (AvgIpc) is 2.43. The van der Waals surface area contributed by atoms with Crippen LogP contribution in [-0.2, 0) is 9.84 Å². The number of rotatable bonds is 4. The van der Waals surface area contributed by atoms with Crippen molar-refractivity contribution in [1.82, 2.24) is 0 Å². The van der Waals surface area contributed by atoms with Gasteiger partial charge in [0.2, 0.25) is 0 Å². The summed E-state index contributed by atoms with van der Waals surface area (Å²) in [6, 6.07) is 10.9. The zero-order chi connectivity index (χ0) is 14.9. The van der Waals surface area contributed by atoms with Gasteiger partial charge in [0.15, 0.2) is 9.84 Å². The predicted octanol–water partition coefficient (Wildman–Crippen LogP) is 2.31. The number of ether oxygens (including phenoxy) is 1. The Morgan fingerprint density at radius 3 is 2.25 bits per heavy atom. The minimum absolute atomic E-state index is 0.597. The van der Waals surface area contributed by atoms with E-state index in [1.54, 1.807) is 19.2 Å². The zero-order valence-electron chi connectivity index (χ0n) is 11.7. The van der Waals surface area contributed by atoms with Crippen molar-refractivity contribution in [2.24, 2.45) is 0 Å². The lowest BCUT2D eigenvalue weighted by molar-refractivity contribution is 0.177. The number of benzene rings is 2. The van der Waals surface area contributed by atoms with Crippen LogP contribution in [0.5, 0.6) is 5.75 Å². The lowest BCUT2D eigenvalue weighted by Crippen LogP contribution is -2.24. The fraction of sp³-hybridized carbons (Fsp3) is 0.333. The number of hydrogen-bond acceptors (Lipinski definition) is 4. The molecule has 2 atom stereocenters. The van der Waals surface area contributed by atoms with Crippen molar-refractivity contribution >= 4 is 20.6 Å². The molecule has 5 heteroatoms. The van der Waals surface area contributed by atoms with E-state index in [1.165, 1.54) is 6.92 Å². The van der Waals surface area contributed by atoms with Crippen LogP contribution in [0.4, 0.5) is 0 Å². The SMILES string of the molecule is COc1ccc(C(O)C(C)S(C)(=O)=O)c2ccccc12. The lowest BCUT2D eigenvalue weighted by atomic mass is 9.98. The van der Waals surface area contributed by atoms with E-state index >= 15 is 0 Å². The van der Waals surface area contributed by atoms with Crippen LogP contribution in [0, 0.1) is 0 Å². The molecule has 2 aromatic rings. The molecule has 0 fully saturated rings. The Balaban J connectivity index is 2.61. The summed E-state index contributed by atoms with van der Waals surface area (Å²) in [5, 5.41) is 11.2. The Bertz CT molecular complexity index is 722. The molecule has 0 aromatic heterocycles. The van der Waals surface area contributed by atoms with E-state index in [0.29, 0.717) is 11.3 Å². The number of aliphatic hydroxyl groups excluding tert-OH is 1. The van der Waals surface area contributed by atoms with Gasteiger partial charge in [-0.3, -0.25) is 0 Å². The third-order valence-electron chi connectivity index (χ3n) is 3.58. The third-order valence-corrected chi connectivity index (χ3v) is 5.18. The molecule has 0 radical (unpaired) electrons. The minimum Gasteiger partial charge on any atom is -0.496 e. The second-order valence-corrected chi connectivity index (χ2v) is 7.28. The summed E-state index contributed by atoms with van der Waals surface area (Å²) in [4.78, 5) is 0. The molecular weight excluding hydrogens is 276 g/mol. The van der Waals surface area contributed by atoms with Crippen molar-refractivity contribution in [3.05, 3.63) is 42.0 Å². The summed E-state index contributed by atoms with van der Waals surface area (Å²) in [6.07, 6.45) is 0.0629. The molecule has 4 nitrogen and oxygen atoms in total. The molecule has 0 saturated carbocycles. The quantitative estimate of drug-likeness (QED) is 0.940. The number of sulfone groups is 1. The molecule has 0 amide bonds. The maximum absolute atomic E-state index is 11.6. The van der Waals surface area contributed by atoms with Gasteiger partial charge in [-0.05, 0) is 23.9 Å². The molecule has 0 aliphatic heterocycles. The van der Waals surface area contributed by atoms with E-state index in [2.05, 4.69) is 0 Å². The molecule has 2 unspecified atom stereocenters. The molecule has 0 spiro atoms. The van der Waals surface area contributed by atoms with E-state index in [0.717, 1.165) is 17.0 Å². The third kappa shape index (κ3) is 2.64. The molecule has 108 valence electrons. The fourth-order valence-electron chi connectivity index (χ4n) is 2.22. The largest absolute Gasteiger partial charge is 0.496 e. The van der Waals surface area contributed by atoms with Gasteiger partial charge in [0.05, 0.1) is 18.5 Å². The van der Waals surface area contributed by atoms with Crippen LogP contribution >= 0.6 is 0 Å². The first-order chi connectivity index (χ1) is 9.36. The number of aliphatic hydroxyl groups is 1. The van der Waals surface area contributed by atoms with Crippen LogP contribution in [0.15, 0.2) is 36.4 Å².